The molecule has 1 aliphatic heterocycles. The predicted octanol–water partition coefficient (Wildman–Crippen LogP) is -1.25. The molecule has 1 aliphatic rings. The summed E-state index contributed by atoms with van der Waals surface area (Å²) in [6.07, 6.45) is -8.60. The minimum atomic E-state index is -1.84. The summed E-state index contributed by atoms with van der Waals surface area (Å²) in [5, 5.41) is 87.8. The van der Waals surface area contributed by atoms with Gasteiger partial charge in [0.15, 0.2) is 28.7 Å². The zero-order chi connectivity index (χ0) is 24.4. The molecule has 13 heteroatoms. The van der Waals surface area contributed by atoms with E-state index in [-0.39, 0.29) is 11.1 Å². The van der Waals surface area contributed by atoms with Crippen molar-refractivity contribution in [2.24, 2.45) is 0 Å². The molecule has 2 aromatic carbocycles. The third-order valence-electron chi connectivity index (χ3n) is 4.88. The van der Waals surface area contributed by atoms with Crippen LogP contribution in [0.2, 0.25) is 0 Å². The average Bonchev–Trinajstić information content (AvgIpc) is 2.78. The number of hydrogen-bond donors (Lipinski definition) is 9. The number of hydrogen-bond acceptors (Lipinski definition) is 13. The van der Waals surface area contributed by atoms with Crippen LogP contribution in [0, 0.1) is 0 Å². The molecule has 0 spiro atoms. The minimum absolute atomic E-state index is 0.161. The molecule has 1 saturated heterocycles. The largest absolute Gasteiger partial charge is 0.504 e. The van der Waals surface area contributed by atoms with Crippen molar-refractivity contribution in [2.75, 3.05) is 6.61 Å². The number of ether oxygens (including phenoxy) is 3. The van der Waals surface area contributed by atoms with Crippen molar-refractivity contribution in [2.45, 2.75) is 37.3 Å². The Hall–Kier alpha value is -3.49. The second-order valence-corrected chi connectivity index (χ2v) is 7.22. The van der Waals surface area contributed by atoms with Crippen LogP contribution >= 0.6 is 0 Å². The zero-order valence-corrected chi connectivity index (χ0v) is 16.8. The lowest BCUT2D eigenvalue weighted by Crippen LogP contribution is -2.60. The number of carbonyl (C=O) groups excluding carboxylic acids is 1. The first-order chi connectivity index (χ1) is 15.5. The Labute approximate surface area is 185 Å². The summed E-state index contributed by atoms with van der Waals surface area (Å²) in [7, 11) is 0. The number of phenolic OH excluding ortho intramolecular Hbond substituents is 5. The minimum Gasteiger partial charge on any atom is -0.504 e. The van der Waals surface area contributed by atoms with E-state index in [4.69, 9.17) is 19.3 Å². The van der Waals surface area contributed by atoms with Crippen LogP contribution in [0.15, 0.2) is 24.3 Å². The van der Waals surface area contributed by atoms with E-state index >= 15 is 0 Å². The monoisotopic (exact) mass is 470 g/mol. The molecule has 2 aromatic rings. The molecule has 9 N–H and O–H groups in total. The fourth-order valence-corrected chi connectivity index (χ4v) is 3.10. The van der Waals surface area contributed by atoms with Crippen molar-refractivity contribution in [3.05, 3.63) is 35.4 Å². The molecule has 13 nitrogen and oxygen atoms in total. The van der Waals surface area contributed by atoms with Crippen LogP contribution in [0.3, 0.4) is 0 Å². The summed E-state index contributed by atoms with van der Waals surface area (Å²) in [6.45, 7) is -1.17. The van der Waals surface area contributed by atoms with Gasteiger partial charge < -0.3 is 60.2 Å². The van der Waals surface area contributed by atoms with Crippen LogP contribution in [-0.4, -0.2) is 89.2 Å². The maximum absolute atomic E-state index is 12.2. The molecule has 0 amide bonds. The second kappa shape index (κ2) is 9.56. The first kappa shape index (κ1) is 24.2. The van der Waals surface area contributed by atoms with Crippen LogP contribution in [0.1, 0.15) is 15.9 Å². The topological polar surface area (TPSA) is 227 Å². The van der Waals surface area contributed by atoms with Gasteiger partial charge in [0, 0.05) is 0 Å². The van der Waals surface area contributed by atoms with Gasteiger partial charge >= 0.3 is 5.97 Å². The van der Waals surface area contributed by atoms with Crippen molar-refractivity contribution in [3.63, 3.8) is 0 Å². The maximum atomic E-state index is 12.2. The number of aromatic hydroxyl groups is 5. The number of aliphatic hydroxyl groups excluding tert-OH is 4. The van der Waals surface area contributed by atoms with E-state index in [1.807, 2.05) is 0 Å². The molecule has 1 heterocycles. The number of esters is 1. The smallest absolute Gasteiger partial charge is 0.338 e. The lowest BCUT2D eigenvalue weighted by atomic mass is 9.99. The molecule has 5 atom stereocenters. The van der Waals surface area contributed by atoms with Crippen LogP contribution in [0.4, 0.5) is 0 Å². The normalized spacial score (nSPS) is 24.9. The summed E-state index contributed by atoms with van der Waals surface area (Å²) in [5.41, 5.74) is -0.186. The van der Waals surface area contributed by atoms with Gasteiger partial charge in [0.1, 0.15) is 31.0 Å². The molecule has 3 rings (SSSR count). The Morgan fingerprint density at radius 3 is 1.97 bits per heavy atom. The third kappa shape index (κ3) is 4.97. The number of phenols is 5. The molecule has 0 aromatic heterocycles. The van der Waals surface area contributed by atoms with E-state index in [0.29, 0.717) is 0 Å². The van der Waals surface area contributed by atoms with Crippen molar-refractivity contribution < 1.29 is 65.0 Å². The summed E-state index contributed by atoms with van der Waals surface area (Å²) in [6, 6.07) is 3.80. The summed E-state index contributed by atoms with van der Waals surface area (Å²) < 4.78 is 15.5. The van der Waals surface area contributed by atoms with Gasteiger partial charge in [-0.2, -0.15) is 0 Å². The first-order valence-electron chi connectivity index (χ1n) is 9.47. The lowest BCUT2D eigenvalue weighted by Gasteiger charge is -2.40. The van der Waals surface area contributed by atoms with Gasteiger partial charge in [-0.3, -0.25) is 0 Å². The number of rotatable bonds is 6. The van der Waals surface area contributed by atoms with Gasteiger partial charge in [-0.15, -0.1) is 0 Å². The SMILES string of the molecule is O=C(OCC1OC(Oc2c(O)cc(CO)cc2O)C(O)C(O)C1O)c1cc(O)c(O)c(O)c1. The van der Waals surface area contributed by atoms with Crippen molar-refractivity contribution in [1.29, 1.82) is 0 Å². The molecular formula is C20H22O13. The Bertz CT molecular complexity index is 977. The van der Waals surface area contributed by atoms with Gasteiger partial charge in [0.05, 0.1) is 12.2 Å². The van der Waals surface area contributed by atoms with Crippen LogP contribution in [0.5, 0.6) is 34.5 Å². The second-order valence-electron chi connectivity index (χ2n) is 7.22. The molecule has 0 saturated carbocycles. The number of aliphatic hydroxyl groups is 4. The van der Waals surface area contributed by atoms with Crippen molar-refractivity contribution >= 4 is 5.97 Å². The molecule has 0 bridgehead atoms. The highest BCUT2D eigenvalue weighted by Gasteiger charge is 2.46. The maximum Gasteiger partial charge on any atom is 0.338 e. The predicted molar refractivity (Wildman–Crippen MR) is 105 cm³/mol. The van der Waals surface area contributed by atoms with E-state index in [0.717, 1.165) is 24.3 Å². The van der Waals surface area contributed by atoms with Crippen LogP contribution in [0.25, 0.3) is 0 Å². The standard InChI is InChI=1S/C20H22O13/c21-5-7-1-11(24)18(12(25)2-7)33-20-17(29)16(28)15(27)13(32-20)6-31-19(30)8-3-9(22)14(26)10(23)4-8/h1-4,13,15-17,20-29H,5-6H2. The molecule has 0 aliphatic carbocycles. The fraction of sp³-hybridized carbons (Fsp3) is 0.350. The van der Waals surface area contributed by atoms with E-state index in [9.17, 15) is 45.6 Å². The zero-order valence-electron chi connectivity index (χ0n) is 16.8. The van der Waals surface area contributed by atoms with Crippen molar-refractivity contribution in [1.82, 2.24) is 0 Å². The van der Waals surface area contributed by atoms with Gasteiger partial charge in [-0.25, -0.2) is 4.79 Å². The first-order valence-corrected chi connectivity index (χ1v) is 9.47. The fourth-order valence-electron chi connectivity index (χ4n) is 3.10. The molecular weight excluding hydrogens is 448 g/mol. The van der Waals surface area contributed by atoms with E-state index < -0.39 is 84.4 Å². The van der Waals surface area contributed by atoms with Gasteiger partial charge in [-0.1, -0.05) is 0 Å². The Morgan fingerprint density at radius 2 is 1.42 bits per heavy atom. The molecule has 33 heavy (non-hydrogen) atoms. The number of carbonyl (C=O) groups is 1. The highest BCUT2D eigenvalue weighted by Crippen LogP contribution is 2.39. The van der Waals surface area contributed by atoms with E-state index in [1.54, 1.807) is 0 Å². The molecule has 1 fully saturated rings. The summed E-state index contributed by atoms with van der Waals surface area (Å²) in [4.78, 5) is 12.2. The highest BCUT2D eigenvalue weighted by atomic mass is 16.7. The summed E-state index contributed by atoms with van der Waals surface area (Å²) >= 11 is 0. The Kier molecular flexibility index (Phi) is 7.00. The highest BCUT2D eigenvalue weighted by molar-refractivity contribution is 5.91. The van der Waals surface area contributed by atoms with Gasteiger partial charge in [-0.05, 0) is 29.8 Å². The Balaban J connectivity index is 1.73. The van der Waals surface area contributed by atoms with Crippen LogP contribution in [-0.2, 0) is 16.1 Å². The quantitative estimate of drug-likeness (QED) is 0.178. The number of benzene rings is 2. The van der Waals surface area contributed by atoms with Crippen molar-refractivity contribution in [3.8, 4) is 34.5 Å². The van der Waals surface area contributed by atoms with E-state index in [2.05, 4.69) is 0 Å². The summed E-state index contributed by atoms with van der Waals surface area (Å²) in [5.74, 6) is -5.25. The van der Waals surface area contributed by atoms with E-state index in [1.165, 1.54) is 0 Å². The molecule has 5 unspecified atom stereocenters. The van der Waals surface area contributed by atoms with Crippen LogP contribution < -0.4 is 4.74 Å². The Morgan fingerprint density at radius 1 is 0.848 bits per heavy atom. The lowest BCUT2D eigenvalue weighted by molar-refractivity contribution is -0.277. The third-order valence-corrected chi connectivity index (χ3v) is 4.88. The van der Waals surface area contributed by atoms with Gasteiger partial charge in [0.25, 0.3) is 0 Å². The van der Waals surface area contributed by atoms with Gasteiger partial charge in [0.2, 0.25) is 12.0 Å². The molecule has 180 valence electrons. The average molecular weight is 470 g/mol. The molecule has 0 radical (unpaired) electrons.